The van der Waals surface area contributed by atoms with E-state index in [9.17, 15) is 4.79 Å². The highest BCUT2D eigenvalue weighted by Crippen LogP contribution is 2.19. The lowest BCUT2D eigenvalue weighted by Crippen LogP contribution is -2.41. The Morgan fingerprint density at radius 3 is 2.62 bits per heavy atom. The van der Waals surface area contributed by atoms with Crippen LogP contribution in [0.5, 0.6) is 0 Å². The summed E-state index contributed by atoms with van der Waals surface area (Å²) in [5.41, 5.74) is 0. The summed E-state index contributed by atoms with van der Waals surface area (Å²) in [6, 6.07) is 0.0708. The molecule has 2 N–H and O–H groups in total. The number of nitrogens with one attached hydrogen (secondary N) is 2. The Bertz CT molecular complexity index is 201. The van der Waals surface area contributed by atoms with Crippen LogP contribution in [0.4, 0.5) is 4.79 Å². The van der Waals surface area contributed by atoms with Crippen LogP contribution in [0.15, 0.2) is 0 Å². The maximum Gasteiger partial charge on any atom is 0.315 e. The molecule has 0 aromatic heterocycles. The molecule has 0 spiro atoms. The summed E-state index contributed by atoms with van der Waals surface area (Å²) in [6.07, 6.45) is 6.69. The van der Waals surface area contributed by atoms with Gasteiger partial charge in [-0.3, -0.25) is 0 Å². The van der Waals surface area contributed by atoms with Gasteiger partial charge in [-0.1, -0.05) is 19.3 Å². The fraction of sp³-hybridized carbons (Fsp3) is 0.917. The number of amides is 2. The summed E-state index contributed by atoms with van der Waals surface area (Å²) < 4.78 is 5.70. The minimum atomic E-state index is -0.109. The summed E-state index contributed by atoms with van der Waals surface area (Å²) in [7, 11) is 0. The zero-order valence-electron chi connectivity index (χ0n) is 10.4. The molecule has 0 atom stereocenters. The molecule has 0 heterocycles. The highest BCUT2D eigenvalue weighted by Gasteiger charge is 2.13. The van der Waals surface area contributed by atoms with Gasteiger partial charge in [0.05, 0.1) is 12.7 Å². The molecule has 1 fully saturated rings. The van der Waals surface area contributed by atoms with E-state index in [1.807, 2.05) is 13.8 Å². The Balaban J connectivity index is 1.96. The molecule has 0 aromatic rings. The molecule has 0 aliphatic heterocycles. The fourth-order valence-corrected chi connectivity index (χ4v) is 1.94. The van der Waals surface area contributed by atoms with E-state index in [1.165, 1.54) is 32.1 Å². The number of urea groups is 1. The summed E-state index contributed by atoms with van der Waals surface area (Å²) >= 11 is 0. The average Bonchev–Trinajstić information content (AvgIpc) is 2.25. The van der Waals surface area contributed by atoms with Crippen LogP contribution in [0.25, 0.3) is 0 Å². The Hall–Kier alpha value is -0.770. The van der Waals surface area contributed by atoms with Gasteiger partial charge in [-0.15, -0.1) is 0 Å². The van der Waals surface area contributed by atoms with E-state index in [0.29, 0.717) is 19.3 Å². The highest BCUT2D eigenvalue weighted by atomic mass is 16.5. The largest absolute Gasteiger partial charge is 0.376 e. The van der Waals surface area contributed by atoms with Crippen molar-refractivity contribution in [1.29, 1.82) is 0 Å². The number of hydrogen-bond acceptors (Lipinski definition) is 2. The first kappa shape index (κ1) is 13.3. The van der Waals surface area contributed by atoms with E-state index in [4.69, 9.17) is 4.74 Å². The summed E-state index contributed by atoms with van der Waals surface area (Å²) in [4.78, 5) is 11.2. The van der Waals surface area contributed by atoms with Crippen LogP contribution in [-0.2, 0) is 4.74 Å². The first-order chi connectivity index (χ1) is 7.68. The minimum absolute atomic E-state index is 0.109. The van der Waals surface area contributed by atoms with Crippen molar-refractivity contribution in [3.63, 3.8) is 0 Å². The van der Waals surface area contributed by atoms with Crippen molar-refractivity contribution in [1.82, 2.24) is 10.6 Å². The molecular weight excluding hydrogens is 204 g/mol. The molecule has 1 aliphatic rings. The molecule has 0 saturated heterocycles. The van der Waals surface area contributed by atoms with Crippen LogP contribution in [-0.4, -0.2) is 31.3 Å². The van der Waals surface area contributed by atoms with Gasteiger partial charge in [0.25, 0.3) is 0 Å². The second kappa shape index (κ2) is 7.49. The van der Waals surface area contributed by atoms with Gasteiger partial charge in [0.1, 0.15) is 0 Å². The van der Waals surface area contributed by atoms with Crippen molar-refractivity contribution in [3.8, 4) is 0 Å². The third kappa shape index (κ3) is 5.95. The van der Waals surface area contributed by atoms with Gasteiger partial charge in [0.2, 0.25) is 0 Å². The van der Waals surface area contributed by atoms with E-state index in [0.717, 1.165) is 0 Å². The molecule has 0 bridgehead atoms. The summed E-state index contributed by atoms with van der Waals surface area (Å²) in [5, 5.41) is 5.55. The normalized spacial score (nSPS) is 17.4. The Kier molecular flexibility index (Phi) is 6.23. The lowest BCUT2D eigenvalue weighted by Gasteiger charge is -2.22. The van der Waals surface area contributed by atoms with Crippen molar-refractivity contribution >= 4 is 6.03 Å². The third-order valence-electron chi connectivity index (χ3n) is 2.71. The number of carbonyl (C=O) groups excluding carboxylic acids is 1. The third-order valence-corrected chi connectivity index (χ3v) is 2.71. The number of hydrogen-bond donors (Lipinski definition) is 2. The minimum Gasteiger partial charge on any atom is -0.376 e. The van der Waals surface area contributed by atoms with Crippen LogP contribution in [0.1, 0.15) is 46.0 Å². The van der Waals surface area contributed by atoms with Gasteiger partial charge in [-0.2, -0.15) is 0 Å². The SMILES string of the molecule is CC(C)NC(=O)NCCOC1CCCCC1. The quantitative estimate of drug-likeness (QED) is 0.707. The van der Waals surface area contributed by atoms with E-state index in [2.05, 4.69) is 10.6 Å². The van der Waals surface area contributed by atoms with Crippen LogP contribution in [0.2, 0.25) is 0 Å². The van der Waals surface area contributed by atoms with E-state index < -0.39 is 0 Å². The molecule has 0 aromatic carbocycles. The number of carbonyl (C=O) groups is 1. The molecule has 1 aliphatic carbocycles. The molecule has 0 radical (unpaired) electrons. The van der Waals surface area contributed by atoms with Crippen molar-refractivity contribution in [2.45, 2.75) is 58.1 Å². The first-order valence-electron chi connectivity index (χ1n) is 6.34. The van der Waals surface area contributed by atoms with Gasteiger partial charge in [-0.25, -0.2) is 4.79 Å². The van der Waals surface area contributed by atoms with Crippen LogP contribution in [0.3, 0.4) is 0 Å². The van der Waals surface area contributed by atoms with E-state index >= 15 is 0 Å². The topological polar surface area (TPSA) is 50.4 Å². The fourth-order valence-electron chi connectivity index (χ4n) is 1.94. The lowest BCUT2D eigenvalue weighted by molar-refractivity contribution is 0.0311. The Labute approximate surface area is 98.1 Å². The van der Waals surface area contributed by atoms with Gasteiger partial charge in [0.15, 0.2) is 0 Å². The lowest BCUT2D eigenvalue weighted by atomic mass is 9.98. The Morgan fingerprint density at radius 2 is 2.00 bits per heavy atom. The van der Waals surface area contributed by atoms with Crippen LogP contribution < -0.4 is 10.6 Å². The van der Waals surface area contributed by atoms with Gasteiger partial charge >= 0.3 is 6.03 Å². The molecular formula is C12H24N2O2. The molecule has 1 rings (SSSR count). The maximum absolute atomic E-state index is 11.2. The van der Waals surface area contributed by atoms with Gasteiger partial charge in [-0.05, 0) is 26.7 Å². The predicted octanol–water partition coefficient (Wildman–Crippen LogP) is 2.04. The van der Waals surface area contributed by atoms with Crippen molar-refractivity contribution in [3.05, 3.63) is 0 Å². The molecule has 0 unspecified atom stereocenters. The van der Waals surface area contributed by atoms with E-state index in [-0.39, 0.29) is 12.1 Å². The molecule has 2 amide bonds. The first-order valence-corrected chi connectivity index (χ1v) is 6.34. The monoisotopic (exact) mass is 228 g/mol. The second-order valence-corrected chi connectivity index (χ2v) is 4.69. The number of ether oxygens (including phenoxy) is 1. The summed E-state index contributed by atoms with van der Waals surface area (Å²) in [6.45, 7) is 5.10. The molecule has 16 heavy (non-hydrogen) atoms. The summed E-state index contributed by atoms with van der Waals surface area (Å²) in [5.74, 6) is 0. The van der Waals surface area contributed by atoms with Gasteiger partial charge < -0.3 is 15.4 Å². The second-order valence-electron chi connectivity index (χ2n) is 4.69. The van der Waals surface area contributed by atoms with Crippen LogP contribution >= 0.6 is 0 Å². The number of rotatable bonds is 5. The zero-order chi connectivity index (χ0) is 11.8. The highest BCUT2D eigenvalue weighted by molar-refractivity contribution is 5.73. The van der Waals surface area contributed by atoms with Crippen LogP contribution in [0, 0.1) is 0 Å². The molecule has 4 heteroatoms. The van der Waals surface area contributed by atoms with Crippen molar-refractivity contribution in [2.75, 3.05) is 13.2 Å². The maximum atomic E-state index is 11.2. The zero-order valence-corrected chi connectivity index (χ0v) is 10.4. The average molecular weight is 228 g/mol. The standard InChI is InChI=1S/C12H24N2O2/c1-10(2)14-12(15)13-8-9-16-11-6-4-3-5-7-11/h10-11H,3-9H2,1-2H3,(H2,13,14,15). The van der Waals surface area contributed by atoms with Crippen molar-refractivity contribution < 1.29 is 9.53 Å². The smallest absolute Gasteiger partial charge is 0.315 e. The Morgan fingerprint density at radius 1 is 1.31 bits per heavy atom. The molecule has 4 nitrogen and oxygen atoms in total. The predicted molar refractivity (Wildman–Crippen MR) is 64.5 cm³/mol. The molecule has 1 saturated carbocycles. The van der Waals surface area contributed by atoms with Crippen molar-refractivity contribution in [2.24, 2.45) is 0 Å². The van der Waals surface area contributed by atoms with Gasteiger partial charge in [0, 0.05) is 12.6 Å². The van der Waals surface area contributed by atoms with E-state index in [1.54, 1.807) is 0 Å². The molecule has 94 valence electrons.